The monoisotopic (exact) mass is 212 g/mol. The molecule has 0 aromatic heterocycles. The van der Waals surface area contributed by atoms with Crippen LogP contribution >= 0.6 is 0 Å². The van der Waals surface area contributed by atoms with Crippen molar-refractivity contribution < 1.29 is 0 Å². The lowest BCUT2D eigenvalue weighted by Gasteiger charge is -2.14. The highest BCUT2D eigenvalue weighted by Gasteiger charge is 2.14. The molecule has 0 saturated carbocycles. The van der Waals surface area contributed by atoms with Crippen LogP contribution in [0.5, 0.6) is 0 Å². The predicted molar refractivity (Wildman–Crippen MR) is 68.8 cm³/mol. The van der Waals surface area contributed by atoms with Crippen LogP contribution in [-0.2, 0) is 0 Å². The van der Waals surface area contributed by atoms with E-state index in [2.05, 4.69) is 53.1 Å². The lowest BCUT2D eigenvalue weighted by atomic mass is 10.1. The molecule has 0 radical (unpaired) electrons. The maximum Gasteiger partial charge on any atom is 0.0422 e. The molecule has 1 fully saturated rings. The topological polar surface area (TPSA) is 24.1 Å². The average molecular weight is 212 g/mol. The van der Waals surface area contributed by atoms with Crippen LogP contribution in [0.25, 0.3) is 10.8 Å². The molecular formula is C14H16N2. The first-order chi connectivity index (χ1) is 7.93. The van der Waals surface area contributed by atoms with Gasteiger partial charge in [0.25, 0.3) is 0 Å². The van der Waals surface area contributed by atoms with Crippen LogP contribution in [-0.4, -0.2) is 19.1 Å². The summed E-state index contributed by atoms with van der Waals surface area (Å²) in [6, 6.07) is 15.5. The van der Waals surface area contributed by atoms with E-state index in [9.17, 15) is 0 Å². The van der Waals surface area contributed by atoms with Gasteiger partial charge in [-0.1, -0.05) is 36.4 Å². The first-order valence-corrected chi connectivity index (χ1v) is 5.88. The summed E-state index contributed by atoms with van der Waals surface area (Å²) in [7, 11) is 0. The maximum absolute atomic E-state index is 3.62. The van der Waals surface area contributed by atoms with Crippen LogP contribution in [0.15, 0.2) is 42.5 Å². The van der Waals surface area contributed by atoms with Crippen molar-refractivity contribution in [3.8, 4) is 0 Å². The number of hydrogen-bond donors (Lipinski definition) is 2. The van der Waals surface area contributed by atoms with E-state index in [4.69, 9.17) is 0 Å². The fourth-order valence-electron chi connectivity index (χ4n) is 2.35. The SMILES string of the molecule is c1ccc2c(NC3CCNC3)cccc2c1. The minimum atomic E-state index is 0.575. The highest BCUT2D eigenvalue weighted by atomic mass is 15.0. The largest absolute Gasteiger partial charge is 0.380 e. The van der Waals surface area contributed by atoms with Gasteiger partial charge in [0.1, 0.15) is 0 Å². The van der Waals surface area contributed by atoms with Gasteiger partial charge in [0.2, 0.25) is 0 Å². The first kappa shape index (κ1) is 9.67. The fourth-order valence-corrected chi connectivity index (χ4v) is 2.35. The van der Waals surface area contributed by atoms with Crippen LogP contribution in [0, 0.1) is 0 Å². The van der Waals surface area contributed by atoms with Crippen molar-refractivity contribution in [3.63, 3.8) is 0 Å². The zero-order valence-electron chi connectivity index (χ0n) is 9.24. The molecule has 0 aliphatic carbocycles. The second kappa shape index (κ2) is 4.14. The molecule has 1 atom stereocenters. The van der Waals surface area contributed by atoms with Crippen LogP contribution in [0.1, 0.15) is 6.42 Å². The molecule has 0 bridgehead atoms. The summed E-state index contributed by atoms with van der Waals surface area (Å²) in [4.78, 5) is 0. The standard InChI is InChI=1S/C14H16N2/c1-2-6-13-11(4-1)5-3-7-14(13)16-12-8-9-15-10-12/h1-7,12,15-16H,8-10H2. The van der Waals surface area contributed by atoms with Crippen molar-refractivity contribution in [2.45, 2.75) is 12.5 Å². The normalized spacial score (nSPS) is 20.1. The van der Waals surface area contributed by atoms with Crippen molar-refractivity contribution in [1.82, 2.24) is 5.32 Å². The van der Waals surface area contributed by atoms with Gasteiger partial charge in [-0.15, -0.1) is 0 Å². The molecule has 82 valence electrons. The zero-order chi connectivity index (χ0) is 10.8. The molecule has 0 spiro atoms. The van der Waals surface area contributed by atoms with Crippen LogP contribution in [0.3, 0.4) is 0 Å². The number of nitrogens with one attached hydrogen (secondary N) is 2. The van der Waals surface area contributed by atoms with Gasteiger partial charge in [-0.2, -0.15) is 0 Å². The van der Waals surface area contributed by atoms with Gasteiger partial charge in [-0.05, 0) is 24.4 Å². The summed E-state index contributed by atoms with van der Waals surface area (Å²) in [6.07, 6.45) is 1.21. The molecule has 0 amide bonds. The molecule has 1 heterocycles. The quantitative estimate of drug-likeness (QED) is 0.799. The van der Waals surface area contributed by atoms with Crippen molar-refractivity contribution in [1.29, 1.82) is 0 Å². The highest BCUT2D eigenvalue weighted by Crippen LogP contribution is 2.24. The lowest BCUT2D eigenvalue weighted by Crippen LogP contribution is -2.22. The third-order valence-corrected chi connectivity index (χ3v) is 3.21. The summed E-state index contributed by atoms with van der Waals surface area (Å²) in [5.41, 5.74) is 1.26. The summed E-state index contributed by atoms with van der Waals surface area (Å²) in [6.45, 7) is 2.20. The van der Waals surface area contributed by atoms with Crippen LogP contribution in [0.4, 0.5) is 5.69 Å². The Hall–Kier alpha value is -1.54. The predicted octanol–water partition coefficient (Wildman–Crippen LogP) is 2.61. The first-order valence-electron chi connectivity index (χ1n) is 5.88. The van der Waals surface area contributed by atoms with Crippen LogP contribution in [0.2, 0.25) is 0 Å². The Morgan fingerprint density at radius 1 is 1.06 bits per heavy atom. The summed E-state index contributed by atoms with van der Waals surface area (Å²) >= 11 is 0. The third kappa shape index (κ3) is 1.76. The molecule has 2 aromatic rings. The van der Waals surface area contributed by atoms with E-state index >= 15 is 0 Å². The van der Waals surface area contributed by atoms with Crippen molar-refractivity contribution in [2.75, 3.05) is 18.4 Å². The number of rotatable bonds is 2. The van der Waals surface area contributed by atoms with E-state index in [0.29, 0.717) is 6.04 Å². The van der Waals surface area contributed by atoms with Crippen LogP contribution < -0.4 is 10.6 Å². The molecular weight excluding hydrogens is 196 g/mol. The van der Waals surface area contributed by atoms with E-state index in [1.807, 2.05) is 0 Å². The minimum Gasteiger partial charge on any atom is -0.380 e. The Labute approximate surface area is 95.7 Å². The second-order valence-corrected chi connectivity index (χ2v) is 4.36. The van der Waals surface area contributed by atoms with Gasteiger partial charge in [-0.25, -0.2) is 0 Å². The van der Waals surface area contributed by atoms with Gasteiger partial charge in [0.05, 0.1) is 0 Å². The van der Waals surface area contributed by atoms with Crippen molar-refractivity contribution >= 4 is 16.5 Å². The number of anilines is 1. The van der Waals surface area contributed by atoms with Gasteiger partial charge < -0.3 is 10.6 Å². The van der Waals surface area contributed by atoms with Gasteiger partial charge in [-0.3, -0.25) is 0 Å². The van der Waals surface area contributed by atoms with Gasteiger partial charge in [0, 0.05) is 23.7 Å². The fraction of sp³-hybridized carbons (Fsp3) is 0.286. The van der Waals surface area contributed by atoms with E-state index in [0.717, 1.165) is 13.1 Å². The van der Waals surface area contributed by atoms with Crippen molar-refractivity contribution in [3.05, 3.63) is 42.5 Å². The molecule has 1 saturated heterocycles. The van der Waals surface area contributed by atoms with Gasteiger partial charge in [0.15, 0.2) is 0 Å². The third-order valence-electron chi connectivity index (χ3n) is 3.21. The molecule has 2 aromatic carbocycles. The maximum atomic E-state index is 3.62. The molecule has 16 heavy (non-hydrogen) atoms. The zero-order valence-corrected chi connectivity index (χ0v) is 9.24. The molecule has 1 unspecified atom stereocenters. The molecule has 2 N–H and O–H groups in total. The average Bonchev–Trinajstić information content (AvgIpc) is 2.82. The minimum absolute atomic E-state index is 0.575. The number of hydrogen-bond acceptors (Lipinski definition) is 2. The van der Waals surface area contributed by atoms with E-state index in [1.165, 1.54) is 22.9 Å². The summed E-state index contributed by atoms with van der Waals surface area (Å²) in [5.74, 6) is 0. The molecule has 1 aliphatic heterocycles. The Morgan fingerprint density at radius 2 is 1.94 bits per heavy atom. The second-order valence-electron chi connectivity index (χ2n) is 4.36. The highest BCUT2D eigenvalue weighted by molar-refractivity contribution is 5.93. The Kier molecular flexibility index (Phi) is 2.50. The Balaban J connectivity index is 1.96. The molecule has 2 heteroatoms. The summed E-state index contributed by atoms with van der Waals surface area (Å²) < 4.78 is 0. The summed E-state index contributed by atoms with van der Waals surface area (Å²) in [5, 5.41) is 9.62. The van der Waals surface area contributed by atoms with Crippen molar-refractivity contribution in [2.24, 2.45) is 0 Å². The Morgan fingerprint density at radius 3 is 2.81 bits per heavy atom. The van der Waals surface area contributed by atoms with E-state index < -0.39 is 0 Å². The van der Waals surface area contributed by atoms with Gasteiger partial charge >= 0.3 is 0 Å². The molecule has 3 rings (SSSR count). The van der Waals surface area contributed by atoms with E-state index in [-0.39, 0.29) is 0 Å². The lowest BCUT2D eigenvalue weighted by molar-refractivity contribution is 0.794. The smallest absolute Gasteiger partial charge is 0.0422 e. The molecule has 2 nitrogen and oxygen atoms in total. The van der Waals surface area contributed by atoms with E-state index in [1.54, 1.807) is 0 Å². The number of benzene rings is 2. The number of fused-ring (bicyclic) bond motifs is 1. The Bertz CT molecular complexity index is 482. The molecule has 1 aliphatic rings.